The summed E-state index contributed by atoms with van der Waals surface area (Å²) in [5.41, 5.74) is 16.6. The molecule has 0 bridgehead atoms. The Bertz CT molecular complexity index is 3340. The van der Waals surface area contributed by atoms with Crippen molar-refractivity contribution in [2.24, 2.45) is 0 Å². The maximum Gasteiger partial charge on any atom is 0.145 e. The van der Waals surface area contributed by atoms with Gasteiger partial charge in [-0.2, -0.15) is 0 Å². The number of rotatable bonds is 3. The Balaban J connectivity index is 1.15. The molecule has 0 spiro atoms. The highest BCUT2D eigenvalue weighted by molar-refractivity contribution is 6.24. The quantitative estimate of drug-likeness (QED) is 0.181. The molecule has 0 saturated carbocycles. The summed E-state index contributed by atoms with van der Waals surface area (Å²) < 4.78 is 11.5. The minimum atomic E-state index is -0.125. The SMILES string of the molecule is CC1(C)c2ccccc2-c2ccc3c(c21)c1ccc(-c2ccc4c(c2)c2c5oc6ccccc6c5ccc2n4-c2ccccc2)cc1n3-c1ccccc1. The van der Waals surface area contributed by atoms with Crippen LogP contribution in [0.1, 0.15) is 25.0 Å². The van der Waals surface area contributed by atoms with Crippen molar-refractivity contribution in [2.45, 2.75) is 19.3 Å². The number of fused-ring (bicyclic) bond motifs is 14. The van der Waals surface area contributed by atoms with E-state index in [4.69, 9.17) is 4.42 Å². The van der Waals surface area contributed by atoms with Crippen LogP contribution in [0.5, 0.6) is 0 Å². The predicted octanol–water partition coefficient (Wildman–Crippen LogP) is 13.8. The van der Waals surface area contributed by atoms with Crippen molar-refractivity contribution in [3.8, 4) is 33.6 Å². The van der Waals surface area contributed by atoms with E-state index in [2.05, 4.69) is 187 Å². The Morgan fingerprint density at radius 2 is 1.04 bits per heavy atom. The fraction of sp³-hybridized carbons (Fsp3) is 0.0588. The van der Waals surface area contributed by atoms with Crippen molar-refractivity contribution in [3.05, 3.63) is 181 Å². The van der Waals surface area contributed by atoms with E-state index in [1.165, 1.54) is 60.6 Å². The summed E-state index contributed by atoms with van der Waals surface area (Å²) in [6.07, 6.45) is 0. The van der Waals surface area contributed by atoms with Crippen molar-refractivity contribution in [1.29, 1.82) is 0 Å². The highest BCUT2D eigenvalue weighted by atomic mass is 16.3. The van der Waals surface area contributed by atoms with E-state index < -0.39 is 0 Å². The van der Waals surface area contributed by atoms with Gasteiger partial charge in [-0.25, -0.2) is 0 Å². The molecule has 3 nitrogen and oxygen atoms in total. The van der Waals surface area contributed by atoms with Gasteiger partial charge in [0.05, 0.1) is 27.5 Å². The van der Waals surface area contributed by atoms with E-state index in [0.717, 1.165) is 49.7 Å². The second kappa shape index (κ2) is 10.6. The monoisotopic (exact) mass is 690 g/mol. The van der Waals surface area contributed by atoms with Gasteiger partial charge < -0.3 is 13.6 Å². The summed E-state index contributed by atoms with van der Waals surface area (Å²) in [4.78, 5) is 0. The number of aromatic nitrogens is 2. The molecular formula is C51H34N2O. The van der Waals surface area contributed by atoms with Crippen molar-refractivity contribution in [3.63, 3.8) is 0 Å². The molecule has 1 aliphatic rings. The predicted molar refractivity (Wildman–Crippen MR) is 225 cm³/mol. The minimum absolute atomic E-state index is 0.125. The number of benzene rings is 8. The van der Waals surface area contributed by atoms with E-state index in [1.807, 2.05) is 6.07 Å². The minimum Gasteiger partial charge on any atom is -0.455 e. The van der Waals surface area contributed by atoms with Gasteiger partial charge in [0.2, 0.25) is 0 Å². The molecule has 0 radical (unpaired) electrons. The molecule has 54 heavy (non-hydrogen) atoms. The van der Waals surface area contributed by atoms with Crippen LogP contribution in [0.2, 0.25) is 0 Å². The van der Waals surface area contributed by atoms with E-state index in [-0.39, 0.29) is 5.41 Å². The van der Waals surface area contributed by atoms with Gasteiger partial charge in [0, 0.05) is 43.7 Å². The lowest BCUT2D eigenvalue weighted by molar-refractivity contribution is 0.666. The first-order valence-corrected chi connectivity index (χ1v) is 18.8. The van der Waals surface area contributed by atoms with Crippen molar-refractivity contribution >= 4 is 65.6 Å². The smallest absolute Gasteiger partial charge is 0.145 e. The lowest BCUT2D eigenvalue weighted by Gasteiger charge is -2.22. The van der Waals surface area contributed by atoms with Crippen molar-refractivity contribution < 1.29 is 4.42 Å². The van der Waals surface area contributed by atoms with Gasteiger partial charge in [-0.1, -0.05) is 117 Å². The normalized spacial score (nSPS) is 13.5. The van der Waals surface area contributed by atoms with E-state index in [9.17, 15) is 0 Å². The molecule has 0 unspecified atom stereocenters. The Labute approximate surface area is 311 Å². The second-order valence-corrected chi connectivity index (χ2v) is 15.3. The fourth-order valence-electron chi connectivity index (χ4n) is 9.74. The molecule has 8 aromatic carbocycles. The molecule has 0 fully saturated rings. The average molecular weight is 691 g/mol. The first-order valence-electron chi connectivity index (χ1n) is 18.8. The highest BCUT2D eigenvalue weighted by Crippen LogP contribution is 2.53. The van der Waals surface area contributed by atoms with Gasteiger partial charge in [-0.3, -0.25) is 0 Å². The van der Waals surface area contributed by atoms with Crippen LogP contribution in [0.25, 0.3) is 99.2 Å². The van der Waals surface area contributed by atoms with Crippen LogP contribution >= 0.6 is 0 Å². The largest absolute Gasteiger partial charge is 0.455 e. The Kier molecular flexibility index (Phi) is 5.84. The lowest BCUT2D eigenvalue weighted by Crippen LogP contribution is -2.15. The van der Waals surface area contributed by atoms with Crippen molar-refractivity contribution in [2.75, 3.05) is 0 Å². The van der Waals surface area contributed by atoms with E-state index >= 15 is 0 Å². The zero-order valence-electron chi connectivity index (χ0n) is 30.0. The summed E-state index contributed by atoms with van der Waals surface area (Å²) in [5.74, 6) is 0. The molecule has 0 saturated heterocycles. The molecule has 3 heteroatoms. The van der Waals surface area contributed by atoms with Crippen LogP contribution < -0.4 is 0 Å². The molecule has 1 aliphatic carbocycles. The molecule has 254 valence electrons. The Morgan fingerprint density at radius 1 is 0.426 bits per heavy atom. The van der Waals surface area contributed by atoms with Gasteiger partial charge in [0.1, 0.15) is 11.2 Å². The summed E-state index contributed by atoms with van der Waals surface area (Å²) in [6, 6.07) is 62.0. The Morgan fingerprint density at radius 3 is 1.85 bits per heavy atom. The number of hydrogen-bond donors (Lipinski definition) is 0. The molecular weight excluding hydrogens is 657 g/mol. The number of para-hydroxylation sites is 3. The summed E-state index contributed by atoms with van der Waals surface area (Å²) in [5, 5.41) is 7.22. The van der Waals surface area contributed by atoms with Gasteiger partial charge in [0.25, 0.3) is 0 Å². The highest BCUT2D eigenvalue weighted by Gasteiger charge is 2.38. The van der Waals surface area contributed by atoms with Gasteiger partial charge >= 0.3 is 0 Å². The zero-order valence-corrected chi connectivity index (χ0v) is 30.0. The van der Waals surface area contributed by atoms with Crippen LogP contribution in [0.4, 0.5) is 0 Å². The van der Waals surface area contributed by atoms with E-state index in [0.29, 0.717) is 0 Å². The van der Waals surface area contributed by atoms with Crippen LogP contribution in [-0.2, 0) is 5.41 Å². The molecule has 3 heterocycles. The summed E-state index contributed by atoms with van der Waals surface area (Å²) in [6.45, 7) is 4.77. The number of hydrogen-bond acceptors (Lipinski definition) is 1. The van der Waals surface area contributed by atoms with E-state index in [1.54, 1.807) is 0 Å². The first kappa shape index (κ1) is 29.7. The Hall–Kier alpha value is -6.84. The molecule has 0 N–H and O–H groups in total. The molecule has 11 aromatic rings. The van der Waals surface area contributed by atoms with Crippen LogP contribution in [0, 0.1) is 0 Å². The van der Waals surface area contributed by atoms with Gasteiger partial charge in [0.15, 0.2) is 0 Å². The maximum atomic E-state index is 6.68. The van der Waals surface area contributed by atoms with Crippen molar-refractivity contribution in [1.82, 2.24) is 9.13 Å². The second-order valence-electron chi connectivity index (χ2n) is 15.3. The third-order valence-corrected chi connectivity index (χ3v) is 12.1. The molecule has 3 aromatic heterocycles. The molecule has 12 rings (SSSR count). The molecule has 0 aliphatic heterocycles. The van der Waals surface area contributed by atoms with Crippen LogP contribution in [0.15, 0.2) is 174 Å². The molecule has 0 amide bonds. The maximum absolute atomic E-state index is 6.68. The summed E-state index contributed by atoms with van der Waals surface area (Å²) in [7, 11) is 0. The third kappa shape index (κ3) is 3.85. The average Bonchev–Trinajstić information content (AvgIpc) is 3.93. The zero-order chi connectivity index (χ0) is 35.7. The number of nitrogens with zero attached hydrogens (tertiary/aromatic N) is 2. The van der Waals surface area contributed by atoms with Crippen LogP contribution in [-0.4, -0.2) is 9.13 Å². The standard InChI is InChI=1S/C51H34N2O/c1-51(2)41-19-11-9-17-35(41)37-24-27-43-47(49(37)51)39-23-21-32(30-45(39)53(43)34-15-7-4-8-16-34)31-22-26-42-40(29-31)48-44(52(42)33-13-5-3-6-14-33)28-25-38-36-18-10-12-20-46(36)54-50(38)48/h3-30H,1-2H3. The lowest BCUT2D eigenvalue weighted by atomic mass is 9.80. The summed E-state index contributed by atoms with van der Waals surface area (Å²) >= 11 is 0. The first-order chi connectivity index (χ1) is 26.6. The topological polar surface area (TPSA) is 23.0 Å². The third-order valence-electron chi connectivity index (χ3n) is 12.1. The van der Waals surface area contributed by atoms with Crippen LogP contribution in [0.3, 0.4) is 0 Å². The molecule has 0 atom stereocenters. The fourth-order valence-corrected chi connectivity index (χ4v) is 9.74. The van der Waals surface area contributed by atoms with Gasteiger partial charge in [-0.05, 0) is 100 Å². The van der Waals surface area contributed by atoms with Gasteiger partial charge in [-0.15, -0.1) is 0 Å². The number of furan rings is 1.